The van der Waals surface area contributed by atoms with E-state index in [1.807, 2.05) is 11.4 Å². The van der Waals surface area contributed by atoms with Crippen LogP contribution in [-0.4, -0.2) is 21.8 Å². The van der Waals surface area contributed by atoms with Crippen LogP contribution in [-0.2, 0) is 4.79 Å². The minimum atomic E-state index is 0.152. The summed E-state index contributed by atoms with van der Waals surface area (Å²) in [6.45, 7) is 3.54. The molecule has 0 radical (unpaired) electrons. The molecule has 1 fully saturated rings. The van der Waals surface area contributed by atoms with Gasteiger partial charge in [0.1, 0.15) is 10.6 Å². The maximum Gasteiger partial charge on any atom is 0.225 e. The minimum absolute atomic E-state index is 0.152. The average Bonchev–Trinajstić information content (AvgIpc) is 2.97. The van der Waals surface area contributed by atoms with Crippen molar-refractivity contribution in [1.82, 2.24) is 9.97 Å². The fourth-order valence-corrected chi connectivity index (χ4v) is 3.99. The Morgan fingerprint density at radius 3 is 2.91 bits per heavy atom. The van der Waals surface area contributed by atoms with Crippen LogP contribution in [0.15, 0.2) is 24.1 Å². The van der Waals surface area contributed by atoms with Gasteiger partial charge >= 0.3 is 0 Å². The maximum atomic E-state index is 11.4. The number of nitrogens with zero attached hydrogens (tertiary/aromatic N) is 2. The van der Waals surface area contributed by atoms with Gasteiger partial charge in [0.15, 0.2) is 5.78 Å². The van der Waals surface area contributed by atoms with Gasteiger partial charge in [-0.2, -0.15) is 0 Å². The second kappa shape index (κ2) is 6.75. The highest BCUT2D eigenvalue weighted by Gasteiger charge is 2.23. The van der Waals surface area contributed by atoms with E-state index in [2.05, 4.69) is 21.9 Å². The van der Waals surface area contributed by atoms with Gasteiger partial charge < -0.3 is 5.32 Å². The smallest absolute Gasteiger partial charge is 0.225 e. The SMILES string of the molecule is C=CC(=O)CC1CCC(Nc2nc(Cl)nc3sccc23)CC1. The summed E-state index contributed by atoms with van der Waals surface area (Å²) in [6.07, 6.45) is 6.27. The Balaban J connectivity index is 1.63. The molecule has 22 heavy (non-hydrogen) atoms. The van der Waals surface area contributed by atoms with Crippen LogP contribution in [0.5, 0.6) is 0 Å². The van der Waals surface area contributed by atoms with E-state index in [0.717, 1.165) is 41.7 Å². The molecule has 2 aromatic heterocycles. The van der Waals surface area contributed by atoms with Crippen molar-refractivity contribution >= 4 is 44.8 Å². The Bertz CT molecular complexity index is 692. The van der Waals surface area contributed by atoms with Crippen LogP contribution < -0.4 is 5.32 Å². The first-order chi connectivity index (χ1) is 10.7. The largest absolute Gasteiger partial charge is 0.367 e. The number of carbonyl (C=O) groups is 1. The Morgan fingerprint density at radius 2 is 2.18 bits per heavy atom. The predicted molar refractivity (Wildman–Crippen MR) is 91.6 cm³/mol. The summed E-state index contributed by atoms with van der Waals surface area (Å²) in [5, 5.41) is 6.81. The summed E-state index contributed by atoms with van der Waals surface area (Å²) < 4.78 is 0. The summed E-state index contributed by atoms with van der Waals surface area (Å²) >= 11 is 7.56. The molecule has 0 saturated heterocycles. The molecular formula is C16H18ClN3OS. The number of carbonyl (C=O) groups excluding carboxylic acids is 1. The zero-order valence-corrected chi connectivity index (χ0v) is 13.8. The molecule has 116 valence electrons. The van der Waals surface area contributed by atoms with E-state index in [0.29, 0.717) is 18.4 Å². The lowest BCUT2D eigenvalue weighted by Crippen LogP contribution is -2.27. The highest BCUT2D eigenvalue weighted by Crippen LogP contribution is 2.31. The molecule has 2 aromatic rings. The molecule has 0 bridgehead atoms. The first-order valence-corrected chi connectivity index (χ1v) is 8.74. The van der Waals surface area contributed by atoms with Gasteiger partial charge in [0.2, 0.25) is 5.28 Å². The molecule has 2 heterocycles. The number of hydrogen-bond donors (Lipinski definition) is 1. The van der Waals surface area contributed by atoms with Crippen molar-refractivity contribution in [2.75, 3.05) is 5.32 Å². The first-order valence-electron chi connectivity index (χ1n) is 7.48. The fourth-order valence-electron chi connectivity index (χ4n) is 3.01. The monoisotopic (exact) mass is 335 g/mol. The fraction of sp³-hybridized carbons (Fsp3) is 0.438. The van der Waals surface area contributed by atoms with Crippen LogP contribution in [0.4, 0.5) is 5.82 Å². The third-order valence-electron chi connectivity index (χ3n) is 4.20. The van der Waals surface area contributed by atoms with Crippen LogP contribution in [0.1, 0.15) is 32.1 Å². The summed E-state index contributed by atoms with van der Waals surface area (Å²) in [7, 11) is 0. The van der Waals surface area contributed by atoms with Crippen LogP contribution >= 0.6 is 22.9 Å². The average molecular weight is 336 g/mol. The van der Waals surface area contributed by atoms with Crippen LogP contribution in [0.2, 0.25) is 5.28 Å². The zero-order chi connectivity index (χ0) is 15.5. The number of aromatic nitrogens is 2. The number of halogens is 1. The van der Waals surface area contributed by atoms with Crippen molar-refractivity contribution in [3.63, 3.8) is 0 Å². The van der Waals surface area contributed by atoms with Gasteiger partial charge in [-0.15, -0.1) is 11.3 Å². The van der Waals surface area contributed by atoms with Crippen molar-refractivity contribution < 1.29 is 4.79 Å². The molecule has 0 atom stereocenters. The first kappa shape index (κ1) is 15.4. The minimum Gasteiger partial charge on any atom is -0.367 e. The molecule has 1 saturated carbocycles. The molecule has 1 N–H and O–H groups in total. The van der Waals surface area contributed by atoms with Crippen LogP contribution in [0.3, 0.4) is 0 Å². The molecule has 0 amide bonds. The van der Waals surface area contributed by atoms with Gasteiger partial charge in [0.25, 0.3) is 0 Å². The second-order valence-corrected chi connectivity index (χ2v) is 6.95. The molecule has 0 spiro atoms. The molecular weight excluding hydrogens is 318 g/mol. The number of anilines is 1. The second-order valence-electron chi connectivity index (χ2n) is 5.72. The van der Waals surface area contributed by atoms with Crippen molar-refractivity contribution in [1.29, 1.82) is 0 Å². The summed E-state index contributed by atoms with van der Waals surface area (Å²) in [5.41, 5.74) is 0. The topological polar surface area (TPSA) is 54.9 Å². The Morgan fingerprint density at radius 1 is 1.41 bits per heavy atom. The van der Waals surface area contributed by atoms with Crippen molar-refractivity contribution in [3.05, 3.63) is 29.4 Å². The zero-order valence-electron chi connectivity index (χ0n) is 12.2. The van der Waals surface area contributed by atoms with E-state index < -0.39 is 0 Å². The molecule has 0 aliphatic heterocycles. The predicted octanol–water partition coefficient (Wildman–Crippen LogP) is 4.46. The van der Waals surface area contributed by atoms with E-state index >= 15 is 0 Å². The summed E-state index contributed by atoms with van der Waals surface area (Å²) in [5.74, 6) is 1.46. The van der Waals surface area contributed by atoms with Gasteiger partial charge in [0, 0.05) is 12.5 Å². The highest BCUT2D eigenvalue weighted by atomic mass is 35.5. The number of nitrogens with one attached hydrogen (secondary N) is 1. The number of fused-ring (bicyclic) bond motifs is 1. The number of allylic oxidation sites excluding steroid dienone is 1. The van der Waals surface area contributed by atoms with Crippen LogP contribution in [0, 0.1) is 5.92 Å². The van der Waals surface area contributed by atoms with Gasteiger partial charge in [-0.3, -0.25) is 4.79 Å². The number of rotatable bonds is 5. The normalized spacial score (nSPS) is 21.7. The third kappa shape index (κ3) is 3.47. The van der Waals surface area contributed by atoms with E-state index in [1.165, 1.54) is 6.08 Å². The molecule has 1 aliphatic rings. The van der Waals surface area contributed by atoms with E-state index in [9.17, 15) is 4.79 Å². The number of thiophene rings is 1. The Kier molecular flexibility index (Phi) is 4.74. The molecule has 0 unspecified atom stereocenters. The van der Waals surface area contributed by atoms with Gasteiger partial charge in [-0.1, -0.05) is 6.58 Å². The van der Waals surface area contributed by atoms with E-state index in [1.54, 1.807) is 11.3 Å². The van der Waals surface area contributed by atoms with Crippen LogP contribution in [0.25, 0.3) is 10.2 Å². The molecule has 0 aromatic carbocycles. The summed E-state index contributed by atoms with van der Waals surface area (Å²) in [4.78, 5) is 20.9. The standard InChI is InChI=1S/C16H18ClN3OS/c1-2-12(21)9-10-3-5-11(6-4-10)18-14-13-7-8-22-15(13)20-16(17)19-14/h2,7-8,10-11H,1,3-6,9H2,(H,18,19,20). The van der Waals surface area contributed by atoms with Crippen molar-refractivity contribution in [2.24, 2.45) is 5.92 Å². The lowest BCUT2D eigenvalue weighted by atomic mass is 9.83. The maximum absolute atomic E-state index is 11.4. The summed E-state index contributed by atoms with van der Waals surface area (Å²) in [6, 6.07) is 2.40. The highest BCUT2D eigenvalue weighted by molar-refractivity contribution is 7.16. The van der Waals surface area contributed by atoms with Gasteiger partial charge in [-0.05, 0) is 60.7 Å². The molecule has 4 nitrogen and oxygen atoms in total. The lowest BCUT2D eigenvalue weighted by molar-refractivity contribution is -0.115. The Labute approximate surface area is 138 Å². The molecule has 3 rings (SSSR count). The lowest BCUT2D eigenvalue weighted by Gasteiger charge is -2.29. The molecule has 1 aliphatic carbocycles. The van der Waals surface area contributed by atoms with Crippen molar-refractivity contribution in [2.45, 2.75) is 38.1 Å². The van der Waals surface area contributed by atoms with E-state index in [-0.39, 0.29) is 11.1 Å². The Hall–Kier alpha value is -1.46. The van der Waals surface area contributed by atoms with E-state index in [4.69, 9.17) is 11.6 Å². The third-order valence-corrected chi connectivity index (χ3v) is 5.18. The quantitative estimate of drug-likeness (QED) is 0.647. The van der Waals surface area contributed by atoms with Gasteiger partial charge in [-0.25, -0.2) is 9.97 Å². The number of hydrogen-bond acceptors (Lipinski definition) is 5. The van der Waals surface area contributed by atoms with Crippen molar-refractivity contribution in [3.8, 4) is 0 Å². The molecule has 6 heteroatoms. The number of ketones is 1. The van der Waals surface area contributed by atoms with Gasteiger partial charge in [0.05, 0.1) is 5.39 Å².